The quantitative estimate of drug-likeness (QED) is 0.150. The van der Waals surface area contributed by atoms with Gasteiger partial charge in [0.25, 0.3) is 0 Å². The maximum absolute atomic E-state index is 2.55. The Bertz CT molecular complexity index is 3840. The molecule has 14 rings (SSSR count). The number of benzene rings is 11. The van der Waals surface area contributed by atoms with E-state index in [9.17, 15) is 0 Å². The molecule has 1 unspecified atom stereocenters. The van der Waals surface area contributed by atoms with E-state index in [1.165, 1.54) is 89.0 Å². The fourth-order valence-corrected chi connectivity index (χ4v) is 12.6. The summed E-state index contributed by atoms with van der Waals surface area (Å²) >= 11 is 0. The molecule has 0 saturated carbocycles. The van der Waals surface area contributed by atoms with Crippen LogP contribution in [-0.2, 0) is 10.8 Å². The predicted octanol–water partition coefficient (Wildman–Crippen LogP) is 18.6. The maximum Gasteiger partial charge on any atom is 0.0727 e. The minimum Gasteiger partial charge on any atom is -0.310 e. The molecule has 1 spiro atoms. The van der Waals surface area contributed by atoms with Gasteiger partial charge in [-0.15, -0.1) is 0 Å². The van der Waals surface area contributed by atoms with Gasteiger partial charge in [0.15, 0.2) is 0 Å². The molecule has 72 heavy (non-hydrogen) atoms. The van der Waals surface area contributed by atoms with Crippen LogP contribution in [0.5, 0.6) is 0 Å². The lowest BCUT2D eigenvalue weighted by molar-refractivity contribution is 0.660. The van der Waals surface area contributed by atoms with E-state index < -0.39 is 5.41 Å². The average molecular weight is 919 g/mol. The highest BCUT2D eigenvalue weighted by molar-refractivity contribution is 6.01. The van der Waals surface area contributed by atoms with Gasteiger partial charge in [-0.25, -0.2) is 0 Å². The first-order valence-electron chi connectivity index (χ1n) is 25.2. The van der Waals surface area contributed by atoms with Crippen LogP contribution in [0, 0.1) is 0 Å². The largest absolute Gasteiger partial charge is 0.310 e. The molecular formula is C70H50N2. The van der Waals surface area contributed by atoms with Gasteiger partial charge < -0.3 is 9.80 Å². The van der Waals surface area contributed by atoms with Crippen LogP contribution in [0.2, 0.25) is 0 Å². The zero-order chi connectivity index (χ0) is 48.0. The van der Waals surface area contributed by atoms with Gasteiger partial charge in [-0.2, -0.15) is 0 Å². The second-order valence-electron chi connectivity index (χ2n) is 20.0. The van der Waals surface area contributed by atoms with Crippen LogP contribution in [0.4, 0.5) is 34.1 Å². The number of rotatable bonds is 8. The molecule has 2 nitrogen and oxygen atoms in total. The molecule has 0 aromatic heterocycles. The van der Waals surface area contributed by atoms with Crippen molar-refractivity contribution in [1.82, 2.24) is 0 Å². The van der Waals surface area contributed by atoms with Crippen LogP contribution >= 0.6 is 0 Å². The predicted molar refractivity (Wildman–Crippen MR) is 301 cm³/mol. The minimum atomic E-state index is -0.658. The van der Waals surface area contributed by atoms with E-state index >= 15 is 0 Å². The zero-order valence-electron chi connectivity index (χ0n) is 40.3. The zero-order valence-corrected chi connectivity index (χ0v) is 40.3. The van der Waals surface area contributed by atoms with Gasteiger partial charge in [-0.3, -0.25) is 0 Å². The summed E-state index contributed by atoms with van der Waals surface area (Å²) in [5.74, 6) is 0. The summed E-state index contributed by atoms with van der Waals surface area (Å²) in [4.78, 5) is 4.93. The first-order chi connectivity index (χ1) is 35.5. The molecule has 0 bridgehead atoms. The molecule has 0 fully saturated rings. The Kier molecular flexibility index (Phi) is 9.50. The van der Waals surface area contributed by atoms with Crippen molar-refractivity contribution in [2.24, 2.45) is 0 Å². The van der Waals surface area contributed by atoms with Gasteiger partial charge in [-0.1, -0.05) is 202 Å². The van der Waals surface area contributed by atoms with Gasteiger partial charge in [0.05, 0.1) is 11.1 Å². The van der Waals surface area contributed by atoms with Crippen molar-refractivity contribution >= 4 is 34.1 Å². The van der Waals surface area contributed by atoms with E-state index in [2.05, 4.69) is 291 Å². The van der Waals surface area contributed by atoms with Gasteiger partial charge in [0.1, 0.15) is 0 Å². The molecule has 0 amide bonds. The topological polar surface area (TPSA) is 6.48 Å². The number of para-hydroxylation sites is 3. The third-order valence-electron chi connectivity index (χ3n) is 15.8. The van der Waals surface area contributed by atoms with Crippen molar-refractivity contribution < 1.29 is 0 Å². The summed E-state index contributed by atoms with van der Waals surface area (Å²) in [6, 6.07) is 99.3. The number of nitrogens with zero attached hydrogens (tertiary/aromatic N) is 2. The fraction of sp³-hybridized carbons (Fsp3) is 0.0571. The van der Waals surface area contributed by atoms with E-state index in [1.54, 1.807) is 0 Å². The molecule has 2 heteroatoms. The highest BCUT2D eigenvalue weighted by Crippen LogP contribution is 2.65. The highest BCUT2D eigenvalue weighted by Gasteiger charge is 2.52. The van der Waals surface area contributed by atoms with Crippen LogP contribution < -0.4 is 9.80 Å². The normalized spacial score (nSPS) is 15.0. The number of anilines is 6. The lowest BCUT2D eigenvalue weighted by Crippen LogP contribution is -2.26. The maximum atomic E-state index is 2.55. The molecule has 0 N–H and O–H groups in total. The van der Waals surface area contributed by atoms with Crippen molar-refractivity contribution in [1.29, 1.82) is 0 Å². The molecule has 0 saturated heterocycles. The average Bonchev–Trinajstić information content (AvgIpc) is 3.99. The molecular weight excluding hydrogens is 869 g/mol. The summed E-state index contributed by atoms with van der Waals surface area (Å²) in [6.07, 6.45) is 0. The highest BCUT2D eigenvalue weighted by atomic mass is 15.1. The van der Waals surface area contributed by atoms with Gasteiger partial charge >= 0.3 is 0 Å². The molecule has 1 atom stereocenters. The minimum absolute atomic E-state index is 0.147. The molecule has 3 aliphatic carbocycles. The van der Waals surface area contributed by atoms with E-state index in [4.69, 9.17) is 0 Å². The molecule has 0 heterocycles. The van der Waals surface area contributed by atoms with Crippen LogP contribution in [0.15, 0.2) is 267 Å². The molecule has 3 aliphatic rings. The molecule has 0 aliphatic heterocycles. The first kappa shape index (κ1) is 41.9. The lowest BCUT2D eigenvalue weighted by atomic mass is 9.70. The standard InChI is InChI=1S/C70H50N2/c1-69(2)62-34-20-18-32-55(62)57-39-37-53(43-65(57)69)71(50-26-12-5-13-27-50)54-38-40-58-60-42-49(47-22-8-3-9-23-47)36-41-64(60)70(66(58)44-54)63-35-21-19-33-56(63)61-45-59(48-24-10-4-11-25-48)68(46-67(61)70)72(51-28-14-6-15-29-51)52-30-16-7-17-31-52/h3-46H,1-2H3. The summed E-state index contributed by atoms with van der Waals surface area (Å²) in [5.41, 5.74) is 26.2. The Labute approximate surface area is 422 Å². The number of fused-ring (bicyclic) bond motifs is 13. The Morgan fingerprint density at radius 2 is 0.667 bits per heavy atom. The first-order valence-corrected chi connectivity index (χ1v) is 25.2. The van der Waals surface area contributed by atoms with E-state index in [0.717, 1.165) is 34.1 Å². The van der Waals surface area contributed by atoms with Gasteiger partial charge in [0.2, 0.25) is 0 Å². The van der Waals surface area contributed by atoms with E-state index in [0.29, 0.717) is 0 Å². The Balaban J connectivity index is 1.07. The third-order valence-corrected chi connectivity index (χ3v) is 15.8. The van der Waals surface area contributed by atoms with E-state index in [1.807, 2.05) is 0 Å². The molecule has 340 valence electrons. The lowest BCUT2D eigenvalue weighted by Gasteiger charge is -2.34. The Hall–Kier alpha value is -8.98. The second-order valence-corrected chi connectivity index (χ2v) is 20.0. The Morgan fingerprint density at radius 1 is 0.236 bits per heavy atom. The summed E-state index contributed by atoms with van der Waals surface area (Å²) in [6.45, 7) is 4.75. The van der Waals surface area contributed by atoms with Crippen LogP contribution in [-0.4, -0.2) is 0 Å². The summed E-state index contributed by atoms with van der Waals surface area (Å²) in [7, 11) is 0. The number of hydrogen-bond donors (Lipinski definition) is 0. The SMILES string of the molecule is CC1(C)c2ccccc2-c2ccc(N(c3ccccc3)c3ccc4c(c3)C3(c5ccccc5-c5cc(-c6ccccc6)c(N(c6ccccc6)c6ccccc6)cc53)c3ccc(-c5ccccc5)cc3-4)cc21. The van der Waals surface area contributed by atoms with Crippen molar-refractivity contribution in [2.75, 3.05) is 9.80 Å². The van der Waals surface area contributed by atoms with Crippen molar-refractivity contribution in [3.8, 4) is 55.6 Å². The molecule has 11 aromatic carbocycles. The van der Waals surface area contributed by atoms with Crippen LogP contribution in [0.1, 0.15) is 47.2 Å². The van der Waals surface area contributed by atoms with Crippen LogP contribution in [0.25, 0.3) is 55.6 Å². The van der Waals surface area contributed by atoms with E-state index in [-0.39, 0.29) is 5.41 Å². The third kappa shape index (κ3) is 6.22. The second kappa shape index (κ2) is 16.3. The molecule has 11 aromatic rings. The Morgan fingerprint density at radius 3 is 1.28 bits per heavy atom. The van der Waals surface area contributed by atoms with Crippen LogP contribution in [0.3, 0.4) is 0 Å². The fourth-order valence-electron chi connectivity index (χ4n) is 12.6. The monoisotopic (exact) mass is 918 g/mol. The number of hydrogen-bond acceptors (Lipinski definition) is 2. The summed E-state index contributed by atoms with van der Waals surface area (Å²) in [5, 5.41) is 0. The van der Waals surface area contributed by atoms with Crippen molar-refractivity contribution in [2.45, 2.75) is 24.7 Å². The van der Waals surface area contributed by atoms with Crippen molar-refractivity contribution in [3.05, 3.63) is 300 Å². The van der Waals surface area contributed by atoms with Gasteiger partial charge in [-0.05, 0) is 162 Å². The summed E-state index contributed by atoms with van der Waals surface area (Å²) < 4.78 is 0. The van der Waals surface area contributed by atoms with Gasteiger partial charge in [0, 0.05) is 39.4 Å². The smallest absolute Gasteiger partial charge is 0.0727 e. The molecule has 0 radical (unpaired) electrons. The van der Waals surface area contributed by atoms with Crippen molar-refractivity contribution in [3.63, 3.8) is 0 Å².